The van der Waals surface area contributed by atoms with Gasteiger partial charge >= 0.3 is 16.3 Å². The minimum Gasteiger partial charge on any atom is -0.387 e. The molecule has 26 heavy (non-hydrogen) atoms. The first-order valence-corrected chi connectivity index (χ1v) is 8.57. The number of hydrogen-bond acceptors (Lipinski definition) is 10. The number of carbonyl (C=O) groups excluding carboxylic acids is 1. The lowest BCUT2D eigenvalue weighted by molar-refractivity contribution is -0.0467. The zero-order chi connectivity index (χ0) is 19.1. The van der Waals surface area contributed by atoms with Crippen molar-refractivity contribution in [2.45, 2.75) is 24.5 Å². The zero-order valence-corrected chi connectivity index (χ0v) is 13.8. The maximum absolute atomic E-state index is 11.0. The van der Waals surface area contributed by atoms with Crippen molar-refractivity contribution in [2.24, 2.45) is 10.9 Å². The lowest BCUT2D eigenvalue weighted by Gasteiger charge is -2.16. The molecule has 0 radical (unpaired) electrons. The second-order valence-electron chi connectivity index (χ2n) is 5.36. The van der Waals surface area contributed by atoms with Crippen LogP contribution in [0.3, 0.4) is 0 Å². The normalized spacial score (nSPS) is 26.3. The maximum Gasteiger partial charge on any atom is 0.333 e. The van der Waals surface area contributed by atoms with Crippen LogP contribution in [0.4, 0.5) is 10.6 Å². The van der Waals surface area contributed by atoms with Gasteiger partial charge in [0.1, 0.15) is 24.6 Å². The van der Waals surface area contributed by atoms with Crippen molar-refractivity contribution in [2.75, 3.05) is 11.9 Å². The lowest BCUT2D eigenvalue weighted by atomic mass is 10.1. The van der Waals surface area contributed by atoms with E-state index in [1.54, 1.807) is 0 Å². The van der Waals surface area contributed by atoms with Crippen molar-refractivity contribution in [3.05, 3.63) is 12.7 Å². The molecule has 1 aliphatic rings. The number of carbonyl (C=O) groups is 1. The number of aliphatic hydroxyl groups is 2. The predicted octanol–water partition coefficient (Wildman–Crippen LogP) is -2.84. The second-order valence-corrected chi connectivity index (χ2v) is 6.58. The SMILES string of the molecule is NC(=O)Nc1ncnc2c1ncn2[C@@H]1O[C@H](COS(N)(=O)=O)[C@@H](O)[C@H]1O. The highest BCUT2D eigenvalue weighted by molar-refractivity contribution is 7.84. The summed E-state index contributed by atoms with van der Waals surface area (Å²) >= 11 is 0. The standard InChI is InChI=1S/C11H15N7O7S/c12-11(21)17-8-5-9(15-2-14-8)18(3-16-5)10-7(20)6(19)4(25-10)1-24-26(13,22)23/h2-4,6-7,10,19-20H,1H2,(H2,13,22,23)(H3,12,14,15,17,21)/t4-,6-,7-,10-/m1/s1. The number of ether oxygens (including phenoxy) is 1. The van der Waals surface area contributed by atoms with Crippen LogP contribution in [0.2, 0.25) is 0 Å². The first-order chi connectivity index (χ1) is 12.2. The lowest BCUT2D eigenvalue weighted by Crippen LogP contribution is -2.35. The highest BCUT2D eigenvalue weighted by Crippen LogP contribution is 2.32. The van der Waals surface area contributed by atoms with Crippen LogP contribution in [0.25, 0.3) is 11.2 Å². The van der Waals surface area contributed by atoms with Gasteiger partial charge in [0.05, 0.1) is 12.9 Å². The summed E-state index contributed by atoms with van der Waals surface area (Å²) < 4.78 is 32.9. The quantitative estimate of drug-likeness (QED) is 0.352. The van der Waals surface area contributed by atoms with Gasteiger partial charge in [0.25, 0.3) is 0 Å². The van der Waals surface area contributed by atoms with E-state index in [0.29, 0.717) is 0 Å². The highest BCUT2D eigenvalue weighted by atomic mass is 32.2. The molecule has 2 aromatic rings. The molecule has 4 atom stereocenters. The van der Waals surface area contributed by atoms with E-state index >= 15 is 0 Å². The number of anilines is 1. The van der Waals surface area contributed by atoms with E-state index in [4.69, 9.17) is 15.6 Å². The van der Waals surface area contributed by atoms with Gasteiger partial charge in [-0.05, 0) is 0 Å². The smallest absolute Gasteiger partial charge is 0.333 e. The number of hydrogen-bond donors (Lipinski definition) is 5. The van der Waals surface area contributed by atoms with Crippen LogP contribution in [0.5, 0.6) is 0 Å². The molecule has 2 aromatic heterocycles. The van der Waals surface area contributed by atoms with E-state index in [1.165, 1.54) is 10.9 Å². The molecule has 0 aliphatic carbocycles. The predicted molar refractivity (Wildman–Crippen MR) is 83.5 cm³/mol. The molecule has 0 saturated carbocycles. The third-order valence-electron chi connectivity index (χ3n) is 3.61. The Morgan fingerprint density at radius 3 is 2.73 bits per heavy atom. The fourth-order valence-electron chi connectivity index (χ4n) is 2.50. The number of imidazole rings is 1. The van der Waals surface area contributed by atoms with Crippen LogP contribution in [-0.2, 0) is 19.2 Å². The van der Waals surface area contributed by atoms with Gasteiger partial charge in [0.2, 0.25) is 0 Å². The van der Waals surface area contributed by atoms with Crippen molar-refractivity contribution < 1.29 is 32.3 Å². The average molecular weight is 389 g/mol. The van der Waals surface area contributed by atoms with E-state index in [-0.39, 0.29) is 17.0 Å². The van der Waals surface area contributed by atoms with Crippen LogP contribution in [0.15, 0.2) is 12.7 Å². The van der Waals surface area contributed by atoms with Gasteiger partial charge in [-0.25, -0.2) is 24.9 Å². The molecule has 2 amide bonds. The molecule has 1 aliphatic heterocycles. The van der Waals surface area contributed by atoms with E-state index in [1.807, 2.05) is 0 Å². The van der Waals surface area contributed by atoms with E-state index in [0.717, 1.165) is 6.33 Å². The summed E-state index contributed by atoms with van der Waals surface area (Å²) in [4.78, 5) is 22.9. The molecule has 15 heteroatoms. The first kappa shape index (κ1) is 18.4. The first-order valence-electron chi connectivity index (χ1n) is 7.10. The largest absolute Gasteiger partial charge is 0.387 e. The van der Waals surface area contributed by atoms with Crippen LogP contribution < -0.4 is 16.2 Å². The van der Waals surface area contributed by atoms with Crippen molar-refractivity contribution in [3.63, 3.8) is 0 Å². The minimum absolute atomic E-state index is 0.0448. The Morgan fingerprint density at radius 1 is 1.35 bits per heavy atom. The third kappa shape index (κ3) is 3.57. The number of primary amides is 1. The molecule has 0 spiro atoms. The Morgan fingerprint density at radius 2 is 2.08 bits per heavy atom. The Hall–Kier alpha value is -2.43. The van der Waals surface area contributed by atoms with Crippen molar-refractivity contribution in [1.82, 2.24) is 19.5 Å². The molecule has 0 aromatic carbocycles. The van der Waals surface area contributed by atoms with Crippen LogP contribution >= 0.6 is 0 Å². The van der Waals surface area contributed by atoms with Crippen LogP contribution in [-0.4, -0.2) is 69.1 Å². The monoisotopic (exact) mass is 389 g/mol. The van der Waals surface area contributed by atoms with Gasteiger partial charge in [0.15, 0.2) is 23.2 Å². The molecular formula is C11H15N7O7S. The molecular weight excluding hydrogens is 374 g/mol. The van der Waals surface area contributed by atoms with Gasteiger partial charge in [-0.15, -0.1) is 0 Å². The zero-order valence-electron chi connectivity index (χ0n) is 13.0. The molecule has 14 nitrogen and oxygen atoms in total. The molecule has 3 rings (SSSR count). The summed E-state index contributed by atoms with van der Waals surface area (Å²) in [7, 11) is -4.24. The van der Waals surface area contributed by atoms with Crippen molar-refractivity contribution in [3.8, 4) is 0 Å². The Labute approximate surface area is 146 Å². The van der Waals surface area contributed by atoms with Crippen molar-refractivity contribution >= 4 is 33.3 Å². The summed E-state index contributed by atoms with van der Waals surface area (Å²) in [6, 6.07) is -0.854. The molecule has 142 valence electrons. The number of nitrogens with zero attached hydrogens (tertiary/aromatic N) is 4. The molecule has 0 bridgehead atoms. The number of aromatic nitrogens is 4. The van der Waals surface area contributed by atoms with E-state index < -0.39 is 47.5 Å². The Balaban J connectivity index is 1.88. The molecule has 0 unspecified atom stereocenters. The second kappa shape index (κ2) is 6.71. The number of rotatable bonds is 5. The number of aliphatic hydroxyl groups excluding tert-OH is 2. The number of nitrogens with two attached hydrogens (primary N) is 2. The molecule has 1 saturated heterocycles. The number of nitrogens with one attached hydrogen (secondary N) is 1. The summed E-state index contributed by atoms with van der Waals surface area (Å²) in [6.07, 6.45) is -2.84. The van der Waals surface area contributed by atoms with E-state index in [9.17, 15) is 23.4 Å². The number of urea groups is 1. The molecule has 7 N–H and O–H groups in total. The fraction of sp³-hybridized carbons (Fsp3) is 0.455. The fourth-order valence-corrected chi connectivity index (χ4v) is 2.83. The maximum atomic E-state index is 11.0. The van der Waals surface area contributed by atoms with Gasteiger partial charge < -0.3 is 20.7 Å². The van der Waals surface area contributed by atoms with Crippen LogP contribution in [0, 0.1) is 0 Å². The summed E-state index contributed by atoms with van der Waals surface area (Å²) in [5, 5.41) is 27.3. The van der Waals surface area contributed by atoms with Gasteiger partial charge in [-0.1, -0.05) is 0 Å². The minimum atomic E-state index is -4.24. The summed E-state index contributed by atoms with van der Waals surface area (Å²) in [5.74, 6) is 0.0448. The number of fused-ring (bicyclic) bond motifs is 1. The topological polar surface area (TPSA) is 218 Å². The average Bonchev–Trinajstić information content (AvgIpc) is 3.08. The highest BCUT2D eigenvalue weighted by Gasteiger charge is 2.45. The summed E-state index contributed by atoms with van der Waals surface area (Å²) in [5.41, 5.74) is 5.40. The van der Waals surface area contributed by atoms with Crippen molar-refractivity contribution in [1.29, 1.82) is 0 Å². The summed E-state index contributed by atoms with van der Waals surface area (Å²) in [6.45, 7) is -0.594. The molecule has 3 heterocycles. The Bertz CT molecular complexity index is 932. The van der Waals surface area contributed by atoms with E-state index in [2.05, 4.69) is 24.5 Å². The van der Waals surface area contributed by atoms with Gasteiger partial charge in [0, 0.05) is 0 Å². The Kier molecular flexibility index (Phi) is 4.74. The van der Waals surface area contributed by atoms with Gasteiger partial charge in [-0.2, -0.15) is 8.42 Å². The molecule has 1 fully saturated rings. The third-order valence-corrected chi connectivity index (χ3v) is 4.07. The van der Waals surface area contributed by atoms with Gasteiger partial charge in [-0.3, -0.25) is 14.1 Å². The van der Waals surface area contributed by atoms with Crippen LogP contribution in [0.1, 0.15) is 6.23 Å². The number of amides is 2.